The first-order valence-electron chi connectivity index (χ1n) is 21.3. The Labute approximate surface area is 362 Å². The van der Waals surface area contributed by atoms with Gasteiger partial charge in [-0.15, -0.1) is 0 Å². The van der Waals surface area contributed by atoms with E-state index >= 15 is 0 Å². The highest BCUT2D eigenvalue weighted by molar-refractivity contribution is 6.19. The van der Waals surface area contributed by atoms with E-state index in [0.29, 0.717) is 5.82 Å². The second kappa shape index (κ2) is 14.0. The van der Waals surface area contributed by atoms with Gasteiger partial charge in [0.15, 0.2) is 5.82 Å². The highest BCUT2D eigenvalue weighted by Crippen LogP contribution is 2.43. The Morgan fingerprint density at radius 1 is 0.333 bits per heavy atom. The van der Waals surface area contributed by atoms with E-state index in [1.807, 2.05) is 24.3 Å². The Kier molecular flexibility index (Phi) is 7.84. The number of aromatic nitrogens is 4. The minimum atomic E-state index is 0.686. The van der Waals surface area contributed by atoms with E-state index in [4.69, 9.17) is 14.4 Å². The molecule has 0 aliphatic heterocycles. The second-order valence-corrected chi connectivity index (χ2v) is 16.1. The standard InChI is InChI=1S/C58H36N4O/c1-4-16-37(17-5-1)48-36-55(60-58(59-48)38-18-6-2-7-19-38)62-49-26-12-10-22-44(49)46-34-39(30-32-51(46)62)43-25-15-29-54-57(43)47-35-40(31-33-53(47)63-54)42-24-14-28-52-56(42)45-23-11-13-27-50(45)61(52)41-20-8-3-9-21-41/h1-36H. The summed E-state index contributed by atoms with van der Waals surface area (Å²) in [4.78, 5) is 10.3. The zero-order valence-corrected chi connectivity index (χ0v) is 34.0. The number of furan rings is 1. The van der Waals surface area contributed by atoms with E-state index in [0.717, 1.165) is 88.8 Å². The van der Waals surface area contributed by atoms with Crippen molar-refractivity contribution in [3.05, 3.63) is 218 Å². The molecule has 13 aromatic rings. The van der Waals surface area contributed by atoms with Gasteiger partial charge in [0.1, 0.15) is 17.0 Å². The summed E-state index contributed by atoms with van der Waals surface area (Å²) in [6.07, 6.45) is 0. The summed E-state index contributed by atoms with van der Waals surface area (Å²) in [5.74, 6) is 1.50. The van der Waals surface area contributed by atoms with Crippen LogP contribution in [0.3, 0.4) is 0 Å². The number of fused-ring (bicyclic) bond motifs is 9. The predicted octanol–water partition coefficient (Wildman–Crippen LogP) is 15.2. The van der Waals surface area contributed by atoms with Crippen molar-refractivity contribution in [1.82, 2.24) is 19.1 Å². The maximum atomic E-state index is 6.62. The van der Waals surface area contributed by atoms with Gasteiger partial charge in [-0.1, -0.05) is 152 Å². The van der Waals surface area contributed by atoms with E-state index in [1.165, 1.54) is 27.4 Å². The van der Waals surface area contributed by atoms with Crippen LogP contribution < -0.4 is 0 Å². The number of hydrogen-bond acceptors (Lipinski definition) is 3. The van der Waals surface area contributed by atoms with Gasteiger partial charge in [-0.25, -0.2) is 9.97 Å². The second-order valence-electron chi connectivity index (χ2n) is 16.1. The molecule has 4 heterocycles. The maximum absolute atomic E-state index is 6.62. The highest BCUT2D eigenvalue weighted by Gasteiger charge is 2.21. The Bertz CT molecular complexity index is 3840. The molecule has 0 N–H and O–H groups in total. The quantitative estimate of drug-likeness (QED) is 0.168. The fourth-order valence-electron chi connectivity index (χ4n) is 9.76. The zero-order valence-electron chi connectivity index (χ0n) is 34.0. The largest absolute Gasteiger partial charge is 0.456 e. The van der Waals surface area contributed by atoms with Crippen molar-refractivity contribution in [1.29, 1.82) is 0 Å². The molecule has 0 unspecified atom stereocenters. The SMILES string of the molecule is c1ccc(-c2cc(-n3c4ccccc4c4cc(-c5cccc6oc7ccc(-c8cccc9c8c8ccccc8n9-c8ccccc8)cc7c56)ccc43)nc(-c3ccccc3)n2)cc1. The average molecular weight is 805 g/mol. The summed E-state index contributed by atoms with van der Waals surface area (Å²) in [6, 6.07) is 77.2. The van der Waals surface area contributed by atoms with Crippen molar-refractivity contribution in [3.8, 4) is 56.4 Å². The predicted molar refractivity (Wildman–Crippen MR) is 260 cm³/mol. The molecule has 0 saturated heterocycles. The molecular weight excluding hydrogens is 769 g/mol. The number of benzene rings is 9. The first kappa shape index (κ1) is 35.2. The summed E-state index contributed by atoms with van der Waals surface area (Å²) in [5.41, 5.74) is 14.9. The van der Waals surface area contributed by atoms with Gasteiger partial charge in [-0.3, -0.25) is 4.57 Å². The topological polar surface area (TPSA) is 48.8 Å². The molecule has 0 bridgehead atoms. The number of para-hydroxylation sites is 3. The van der Waals surface area contributed by atoms with Gasteiger partial charge < -0.3 is 8.98 Å². The van der Waals surface area contributed by atoms with Crippen LogP contribution in [0, 0.1) is 0 Å². The van der Waals surface area contributed by atoms with Crippen molar-refractivity contribution in [2.75, 3.05) is 0 Å². The molecule has 0 amide bonds. The van der Waals surface area contributed by atoms with Crippen molar-refractivity contribution < 1.29 is 4.42 Å². The molecule has 0 fully saturated rings. The Morgan fingerprint density at radius 2 is 0.921 bits per heavy atom. The van der Waals surface area contributed by atoms with E-state index < -0.39 is 0 Å². The van der Waals surface area contributed by atoms with E-state index in [-0.39, 0.29) is 0 Å². The molecule has 0 spiro atoms. The van der Waals surface area contributed by atoms with E-state index in [2.05, 4.69) is 203 Å². The van der Waals surface area contributed by atoms with Gasteiger partial charge in [0, 0.05) is 55.2 Å². The van der Waals surface area contributed by atoms with Crippen molar-refractivity contribution in [2.45, 2.75) is 0 Å². The van der Waals surface area contributed by atoms with Crippen LogP contribution in [0.1, 0.15) is 0 Å². The lowest BCUT2D eigenvalue weighted by atomic mass is 9.95. The van der Waals surface area contributed by atoms with Gasteiger partial charge in [0.25, 0.3) is 0 Å². The number of rotatable bonds is 6. The molecule has 0 aliphatic carbocycles. The van der Waals surface area contributed by atoms with Crippen LogP contribution in [0.2, 0.25) is 0 Å². The van der Waals surface area contributed by atoms with Gasteiger partial charge in [0.05, 0.1) is 27.8 Å². The van der Waals surface area contributed by atoms with Gasteiger partial charge >= 0.3 is 0 Å². The molecule has 63 heavy (non-hydrogen) atoms. The highest BCUT2D eigenvalue weighted by atomic mass is 16.3. The third-order valence-electron chi connectivity index (χ3n) is 12.5. The summed E-state index contributed by atoms with van der Waals surface area (Å²) >= 11 is 0. The van der Waals surface area contributed by atoms with Crippen LogP contribution in [0.4, 0.5) is 0 Å². The molecule has 0 aliphatic rings. The Balaban J connectivity index is 0.995. The summed E-state index contributed by atoms with van der Waals surface area (Å²) in [5, 5.41) is 6.97. The molecule has 0 saturated carbocycles. The van der Waals surface area contributed by atoms with Crippen molar-refractivity contribution in [2.24, 2.45) is 0 Å². The minimum absolute atomic E-state index is 0.686. The van der Waals surface area contributed by atoms with E-state index in [1.54, 1.807) is 0 Å². The van der Waals surface area contributed by atoms with Crippen LogP contribution in [0.5, 0.6) is 0 Å². The summed E-state index contributed by atoms with van der Waals surface area (Å²) < 4.78 is 11.3. The number of nitrogens with zero attached hydrogens (tertiary/aromatic N) is 4. The molecule has 5 nitrogen and oxygen atoms in total. The molecule has 294 valence electrons. The Morgan fingerprint density at radius 3 is 1.70 bits per heavy atom. The van der Waals surface area contributed by atoms with Crippen LogP contribution in [-0.2, 0) is 0 Å². The number of hydrogen-bond donors (Lipinski definition) is 0. The summed E-state index contributed by atoms with van der Waals surface area (Å²) in [7, 11) is 0. The monoisotopic (exact) mass is 804 g/mol. The van der Waals surface area contributed by atoms with Crippen LogP contribution in [-0.4, -0.2) is 19.1 Å². The molecule has 9 aromatic carbocycles. The van der Waals surface area contributed by atoms with Gasteiger partial charge in [0.2, 0.25) is 0 Å². The lowest BCUT2D eigenvalue weighted by Crippen LogP contribution is -2.02. The van der Waals surface area contributed by atoms with Crippen molar-refractivity contribution >= 4 is 65.6 Å². The molecule has 0 atom stereocenters. The molecule has 4 aromatic heterocycles. The summed E-state index contributed by atoms with van der Waals surface area (Å²) in [6.45, 7) is 0. The first-order chi connectivity index (χ1) is 31.2. The third kappa shape index (κ3) is 5.57. The molecule has 0 radical (unpaired) electrons. The average Bonchev–Trinajstić information content (AvgIpc) is 4.02. The van der Waals surface area contributed by atoms with Gasteiger partial charge in [-0.05, 0) is 82.9 Å². The fraction of sp³-hybridized carbons (Fsp3) is 0. The van der Waals surface area contributed by atoms with Gasteiger partial charge in [-0.2, -0.15) is 0 Å². The van der Waals surface area contributed by atoms with Crippen LogP contribution in [0.15, 0.2) is 223 Å². The smallest absolute Gasteiger partial charge is 0.162 e. The van der Waals surface area contributed by atoms with Crippen LogP contribution in [0.25, 0.3) is 122 Å². The lowest BCUT2D eigenvalue weighted by molar-refractivity contribution is 0.669. The molecule has 13 rings (SSSR count). The van der Waals surface area contributed by atoms with Crippen molar-refractivity contribution in [3.63, 3.8) is 0 Å². The minimum Gasteiger partial charge on any atom is -0.456 e. The lowest BCUT2D eigenvalue weighted by Gasteiger charge is -2.12. The molecular formula is C58H36N4O. The third-order valence-corrected chi connectivity index (χ3v) is 12.5. The van der Waals surface area contributed by atoms with E-state index in [9.17, 15) is 0 Å². The normalized spacial score (nSPS) is 11.8. The van der Waals surface area contributed by atoms with Crippen LogP contribution >= 0.6 is 0 Å². The molecule has 5 heteroatoms. The maximum Gasteiger partial charge on any atom is 0.162 e. The first-order valence-corrected chi connectivity index (χ1v) is 21.3. The Hall–Kier alpha value is -8.54. The zero-order chi connectivity index (χ0) is 41.4. The fourth-order valence-corrected chi connectivity index (χ4v) is 9.76.